The number of piperidine rings is 1. The molecule has 0 saturated carbocycles. The van der Waals surface area contributed by atoms with E-state index in [-0.39, 0.29) is 23.8 Å². The van der Waals surface area contributed by atoms with Gasteiger partial charge in [-0.05, 0) is 31.9 Å². The Balaban J connectivity index is 1.95. The summed E-state index contributed by atoms with van der Waals surface area (Å²) in [5, 5.41) is 2.99. The van der Waals surface area contributed by atoms with Gasteiger partial charge in [-0.25, -0.2) is 4.39 Å². The molecule has 1 aromatic rings. The van der Waals surface area contributed by atoms with Gasteiger partial charge in [0.05, 0.1) is 5.69 Å². The molecular formula is C15H22FN3O. The maximum Gasteiger partial charge on any atom is 0.221 e. The number of nitrogens with zero attached hydrogens (tertiary/aromatic N) is 1. The fraction of sp³-hybridized carbons (Fsp3) is 0.533. The van der Waals surface area contributed by atoms with Crippen molar-refractivity contribution in [3.05, 3.63) is 30.1 Å². The minimum atomic E-state index is -0.213. The fourth-order valence-electron chi connectivity index (χ4n) is 2.60. The van der Waals surface area contributed by atoms with Gasteiger partial charge in [-0.15, -0.1) is 0 Å². The van der Waals surface area contributed by atoms with E-state index in [2.05, 4.69) is 5.32 Å². The van der Waals surface area contributed by atoms with E-state index in [9.17, 15) is 9.18 Å². The second-order valence-electron chi connectivity index (χ2n) is 5.49. The first-order valence-electron chi connectivity index (χ1n) is 7.10. The zero-order valence-electron chi connectivity index (χ0n) is 11.8. The summed E-state index contributed by atoms with van der Waals surface area (Å²) in [5.41, 5.74) is 6.23. The SMILES string of the molecule is CC(N)CC(=O)NC1CCCN(c2ccccc2F)C1. The van der Waals surface area contributed by atoms with Gasteiger partial charge in [0.15, 0.2) is 0 Å². The van der Waals surface area contributed by atoms with Gasteiger partial charge in [0.2, 0.25) is 5.91 Å². The Hall–Kier alpha value is -1.62. The summed E-state index contributed by atoms with van der Waals surface area (Å²) in [4.78, 5) is 13.7. The number of rotatable bonds is 4. The molecule has 0 radical (unpaired) electrons. The van der Waals surface area contributed by atoms with E-state index in [0.717, 1.165) is 19.4 Å². The Morgan fingerprint density at radius 1 is 1.55 bits per heavy atom. The van der Waals surface area contributed by atoms with Gasteiger partial charge in [-0.1, -0.05) is 12.1 Å². The van der Waals surface area contributed by atoms with Crippen molar-refractivity contribution in [2.24, 2.45) is 5.73 Å². The number of carbonyl (C=O) groups excluding carboxylic acids is 1. The molecule has 0 bridgehead atoms. The zero-order chi connectivity index (χ0) is 14.5. The highest BCUT2D eigenvalue weighted by Gasteiger charge is 2.23. The number of nitrogens with one attached hydrogen (secondary N) is 1. The summed E-state index contributed by atoms with van der Waals surface area (Å²) in [7, 11) is 0. The molecule has 1 amide bonds. The summed E-state index contributed by atoms with van der Waals surface area (Å²) in [5.74, 6) is -0.240. The second kappa shape index (κ2) is 6.70. The van der Waals surface area contributed by atoms with Crippen molar-refractivity contribution in [3.63, 3.8) is 0 Å². The first-order chi connectivity index (χ1) is 9.56. The topological polar surface area (TPSA) is 58.4 Å². The number of nitrogens with two attached hydrogens (primary N) is 1. The van der Waals surface area contributed by atoms with Crippen molar-refractivity contribution < 1.29 is 9.18 Å². The maximum absolute atomic E-state index is 13.8. The van der Waals surface area contributed by atoms with Crippen molar-refractivity contribution in [2.75, 3.05) is 18.0 Å². The van der Waals surface area contributed by atoms with Crippen molar-refractivity contribution in [1.29, 1.82) is 0 Å². The molecule has 2 unspecified atom stereocenters. The van der Waals surface area contributed by atoms with E-state index < -0.39 is 0 Å². The normalized spacial score (nSPS) is 20.6. The van der Waals surface area contributed by atoms with Crippen molar-refractivity contribution >= 4 is 11.6 Å². The lowest BCUT2D eigenvalue weighted by molar-refractivity contribution is -0.122. The standard InChI is InChI=1S/C15H22FN3O/c1-11(17)9-15(20)18-12-5-4-8-19(10-12)14-7-3-2-6-13(14)16/h2-3,6-7,11-12H,4-5,8-10,17H2,1H3,(H,18,20). The molecule has 3 N–H and O–H groups in total. The Bertz CT molecular complexity index is 464. The van der Waals surface area contributed by atoms with Gasteiger partial charge >= 0.3 is 0 Å². The van der Waals surface area contributed by atoms with Crippen LogP contribution in [-0.4, -0.2) is 31.1 Å². The minimum Gasteiger partial charge on any atom is -0.367 e. The van der Waals surface area contributed by atoms with Gasteiger partial charge in [0.25, 0.3) is 0 Å². The maximum atomic E-state index is 13.8. The third-order valence-corrected chi connectivity index (χ3v) is 3.49. The zero-order valence-corrected chi connectivity index (χ0v) is 11.8. The molecule has 1 aliphatic heterocycles. The van der Waals surface area contributed by atoms with Gasteiger partial charge in [0, 0.05) is 31.6 Å². The van der Waals surface area contributed by atoms with Gasteiger partial charge in [-0.2, -0.15) is 0 Å². The summed E-state index contributed by atoms with van der Waals surface area (Å²) >= 11 is 0. The lowest BCUT2D eigenvalue weighted by Crippen LogP contribution is -2.48. The second-order valence-corrected chi connectivity index (χ2v) is 5.49. The highest BCUT2D eigenvalue weighted by Crippen LogP contribution is 2.22. The first-order valence-corrected chi connectivity index (χ1v) is 7.10. The van der Waals surface area contributed by atoms with Crippen LogP contribution in [0.3, 0.4) is 0 Å². The molecule has 1 aliphatic rings. The molecule has 2 rings (SSSR count). The van der Waals surface area contributed by atoms with E-state index in [0.29, 0.717) is 18.7 Å². The minimum absolute atomic E-state index is 0.0274. The molecule has 20 heavy (non-hydrogen) atoms. The molecule has 0 spiro atoms. The lowest BCUT2D eigenvalue weighted by Gasteiger charge is -2.35. The number of anilines is 1. The van der Waals surface area contributed by atoms with Crippen molar-refractivity contribution in [3.8, 4) is 0 Å². The number of hydrogen-bond acceptors (Lipinski definition) is 3. The molecule has 1 heterocycles. The Labute approximate surface area is 119 Å². The lowest BCUT2D eigenvalue weighted by atomic mass is 10.0. The molecule has 1 saturated heterocycles. The molecular weight excluding hydrogens is 257 g/mol. The largest absolute Gasteiger partial charge is 0.367 e. The number of benzene rings is 1. The van der Waals surface area contributed by atoms with Crippen LogP contribution in [0.15, 0.2) is 24.3 Å². The quantitative estimate of drug-likeness (QED) is 0.881. The molecule has 0 aliphatic carbocycles. The number of amides is 1. The van der Waals surface area contributed by atoms with Crippen LogP contribution >= 0.6 is 0 Å². The highest BCUT2D eigenvalue weighted by atomic mass is 19.1. The summed E-state index contributed by atoms with van der Waals surface area (Å²) in [6.07, 6.45) is 2.20. The molecule has 4 nitrogen and oxygen atoms in total. The molecule has 1 aromatic carbocycles. The van der Waals surface area contributed by atoms with E-state index in [1.807, 2.05) is 17.9 Å². The molecule has 1 fully saturated rings. The van der Waals surface area contributed by atoms with E-state index in [1.54, 1.807) is 12.1 Å². The first kappa shape index (κ1) is 14.8. The Kier molecular flexibility index (Phi) is 4.95. The van der Waals surface area contributed by atoms with Gasteiger partial charge < -0.3 is 16.0 Å². The molecule has 110 valence electrons. The Morgan fingerprint density at radius 3 is 3.00 bits per heavy atom. The van der Waals surface area contributed by atoms with E-state index in [1.165, 1.54) is 6.07 Å². The monoisotopic (exact) mass is 279 g/mol. The number of carbonyl (C=O) groups is 1. The van der Waals surface area contributed by atoms with Crippen LogP contribution in [0.2, 0.25) is 0 Å². The average Bonchev–Trinajstić information content (AvgIpc) is 2.38. The number of para-hydroxylation sites is 1. The predicted molar refractivity (Wildman–Crippen MR) is 78.0 cm³/mol. The van der Waals surface area contributed by atoms with Gasteiger partial charge in [0.1, 0.15) is 5.82 Å². The third-order valence-electron chi connectivity index (χ3n) is 3.49. The smallest absolute Gasteiger partial charge is 0.221 e. The van der Waals surface area contributed by atoms with Crippen LogP contribution in [-0.2, 0) is 4.79 Å². The number of hydrogen-bond donors (Lipinski definition) is 2. The fourth-order valence-corrected chi connectivity index (χ4v) is 2.60. The summed E-state index contributed by atoms with van der Waals surface area (Å²) in [6, 6.07) is 6.69. The van der Waals surface area contributed by atoms with Crippen LogP contribution < -0.4 is 16.0 Å². The van der Waals surface area contributed by atoms with Crippen LogP contribution in [0.4, 0.5) is 10.1 Å². The van der Waals surface area contributed by atoms with E-state index in [4.69, 9.17) is 5.73 Å². The van der Waals surface area contributed by atoms with Crippen LogP contribution in [0, 0.1) is 5.82 Å². The molecule has 0 aromatic heterocycles. The third kappa shape index (κ3) is 3.93. The number of halogens is 1. The van der Waals surface area contributed by atoms with Crippen molar-refractivity contribution in [2.45, 2.75) is 38.3 Å². The summed E-state index contributed by atoms with van der Waals surface area (Å²) < 4.78 is 13.8. The van der Waals surface area contributed by atoms with Crippen LogP contribution in [0.25, 0.3) is 0 Å². The van der Waals surface area contributed by atoms with Crippen LogP contribution in [0.5, 0.6) is 0 Å². The van der Waals surface area contributed by atoms with Crippen LogP contribution in [0.1, 0.15) is 26.2 Å². The average molecular weight is 279 g/mol. The predicted octanol–water partition coefficient (Wildman–Crippen LogP) is 1.65. The van der Waals surface area contributed by atoms with E-state index >= 15 is 0 Å². The Morgan fingerprint density at radius 2 is 2.30 bits per heavy atom. The summed E-state index contributed by atoms with van der Waals surface area (Å²) in [6.45, 7) is 3.28. The molecule has 5 heteroatoms. The van der Waals surface area contributed by atoms with Crippen molar-refractivity contribution in [1.82, 2.24) is 5.32 Å². The molecule has 2 atom stereocenters. The highest BCUT2D eigenvalue weighted by molar-refractivity contribution is 5.77. The van der Waals surface area contributed by atoms with Gasteiger partial charge in [-0.3, -0.25) is 4.79 Å².